The lowest BCUT2D eigenvalue weighted by Gasteiger charge is -2.20. The van der Waals surface area contributed by atoms with Crippen molar-refractivity contribution in [3.63, 3.8) is 0 Å². The molecule has 0 atom stereocenters. The standard InChI is InChI=1S/C13H16N2OS3/c1-5-7-15-11(16)10(19-13(15)17)12-14(6-2)8(3)9(4)18-12/h5H,1,6-7H2,2-4H3/b12-10+. The Balaban J connectivity index is 2.37. The number of carbonyl (C=O) groups is 1. The van der Waals surface area contributed by atoms with Crippen LogP contribution in [0.1, 0.15) is 20.8 Å². The van der Waals surface area contributed by atoms with Gasteiger partial charge in [0, 0.05) is 23.7 Å². The summed E-state index contributed by atoms with van der Waals surface area (Å²) in [6, 6.07) is 0. The zero-order valence-corrected chi connectivity index (χ0v) is 13.7. The average molecular weight is 312 g/mol. The number of thioether (sulfide) groups is 2. The van der Waals surface area contributed by atoms with E-state index in [1.54, 1.807) is 22.7 Å². The number of amides is 1. The van der Waals surface area contributed by atoms with Crippen LogP contribution in [0, 0.1) is 0 Å². The summed E-state index contributed by atoms with van der Waals surface area (Å²) in [5.74, 6) is -0.00153. The Kier molecular flexibility index (Phi) is 4.43. The molecule has 1 amide bonds. The molecule has 1 saturated heterocycles. The predicted molar refractivity (Wildman–Crippen MR) is 87.5 cm³/mol. The molecule has 2 heterocycles. The van der Waals surface area contributed by atoms with Crippen LogP contribution in [0.4, 0.5) is 0 Å². The van der Waals surface area contributed by atoms with Gasteiger partial charge in [-0.15, -0.1) is 6.58 Å². The highest BCUT2D eigenvalue weighted by Crippen LogP contribution is 2.47. The summed E-state index contributed by atoms with van der Waals surface area (Å²) in [4.78, 5) is 18.2. The first-order valence-electron chi connectivity index (χ1n) is 6.03. The van der Waals surface area contributed by atoms with Gasteiger partial charge in [-0.2, -0.15) is 0 Å². The maximum atomic E-state index is 12.4. The molecule has 0 aromatic heterocycles. The van der Waals surface area contributed by atoms with Crippen molar-refractivity contribution in [3.05, 3.63) is 33.2 Å². The Labute approximate surface area is 127 Å². The number of rotatable bonds is 3. The van der Waals surface area contributed by atoms with Crippen molar-refractivity contribution < 1.29 is 4.79 Å². The van der Waals surface area contributed by atoms with Crippen molar-refractivity contribution in [1.82, 2.24) is 9.80 Å². The van der Waals surface area contributed by atoms with Gasteiger partial charge in [-0.1, -0.05) is 41.8 Å². The molecular formula is C13H16N2OS3. The van der Waals surface area contributed by atoms with E-state index in [2.05, 4.69) is 32.3 Å². The van der Waals surface area contributed by atoms with Crippen LogP contribution in [0.25, 0.3) is 0 Å². The van der Waals surface area contributed by atoms with Crippen molar-refractivity contribution in [3.8, 4) is 0 Å². The third kappa shape index (κ3) is 2.49. The Morgan fingerprint density at radius 3 is 2.58 bits per heavy atom. The fraction of sp³-hybridized carbons (Fsp3) is 0.385. The van der Waals surface area contributed by atoms with E-state index >= 15 is 0 Å². The molecule has 2 rings (SSSR count). The number of hydrogen-bond acceptors (Lipinski definition) is 5. The summed E-state index contributed by atoms with van der Waals surface area (Å²) < 4.78 is 0.617. The third-order valence-corrected chi connectivity index (χ3v) is 5.87. The zero-order chi connectivity index (χ0) is 14.2. The van der Waals surface area contributed by atoms with Crippen molar-refractivity contribution in [2.24, 2.45) is 0 Å². The smallest absolute Gasteiger partial charge is 0.269 e. The quantitative estimate of drug-likeness (QED) is 0.451. The van der Waals surface area contributed by atoms with E-state index in [1.165, 1.54) is 22.4 Å². The summed E-state index contributed by atoms with van der Waals surface area (Å²) in [5.41, 5.74) is 1.22. The molecule has 0 unspecified atom stereocenters. The molecule has 3 nitrogen and oxygen atoms in total. The van der Waals surface area contributed by atoms with E-state index in [4.69, 9.17) is 12.2 Å². The van der Waals surface area contributed by atoms with Crippen molar-refractivity contribution in [2.45, 2.75) is 20.8 Å². The molecule has 19 heavy (non-hydrogen) atoms. The maximum Gasteiger partial charge on any atom is 0.269 e. The van der Waals surface area contributed by atoms with Gasteiger partial charge in [0.15, 0.2) is 0 Å². The van der Waals surface area contributed by atoms with E-state index in [1.807, 2.05) is 0 Å². The number of allylic oxidation sites excluding steroid dienone is 2. The van der Waals surface area contributed by atoms with Gasteiger partial charge >= 0.3 is 0 Å². The molecule has 0 bridgehead atoms. The molecule has 102 valence electrons. The lowest BCUT2D eigenvalue weighted by atomic mass is 10.3. The largest absolute Gasteiger partial charge is 0.338 e. The fourth-order valence-electron chi connectivity index (χ4n) is 1.98. The molecule has 2 aliphatic heterocycles. The second-order valence-corrected chi connectivity index (χ2v) is 7.04. The number of thiocarbonyl (C=S) groups is 1. The Morgan fingerprint density at radius 1 is 1.32 bits per heavy atom. The first kappa shape index (κ1) is 14.7. The van der Waals surface area contributed by atoms with Crippen LogP contribution in [0.2, 0.25) is 0 Å². The lowest BCUT2D eigenvalue weighted by Crippen LogP contribution is -2.28. The molecule has 0 spiro atoms. The lowest BCUT2D eigenvalue weighted by molar-refractivity contribution is -0.121. The first-order chi connectivity index (χ1) is 9.01. The summed E-state index contributed by atoms with van der Waals surface area (Å²) in [6.45, 7) is 11.3. The maximum absolute atomic E-state index is 12.4. The average Bonchev–Trinajstić information content (AvgIpc) is 2.81. The monoisotopic (exact) mass is 312 g/mol. The number of hydrogen-bond donors (Lipinski definition) is 0. The molecule has 0 saturated carbocycles. The Hall–Kier alpha value is -0.720. The van der Waals surface area contributed by atoms with E-state index in [0.717, 1.165) is 16.5 Å². The zero-order valence-electron chi connectivity index (χ0n) is 11.2. The molecule has 2 aliphatic rings. The van der Waals surface area contributed by atoms with Crippen molar-refractivity contribution in [2.75, 3.05) is 13.1 Å². The van der Waals surface area contributed by atoms with Gasteiger partial charge in [-0.25, -0.2) is 0 Å². The molecular weight excluding hydrogens is 296 g/mol. The van der Waals surface area contributed by atoms with Gasteiger partial charge in [-0.05, 0) is 20.8 Å². The SMILES string of the molecule is C=CCN1C(=O)/C(=C2\SC(C)=C(C)N2CC)SC1=S. The molecule has 0 aliphatic carbocycles. The topological polar surface area (TPSA) is 23.6 Å². The van der Waals surface area contributed by atoms with Crippen LogP contribution in [-0.4, -0.2) is 33.1 Å². The van der Waals surface area contributed by atoms with E-state index in [9.17, 15) is 4.79 Å². The molecule has 0 radical (unpaired) electrons. The van der Waals surface area contributed by atoms with E-state index < -0.39 is 0 Å². The normalized spacial score (nSPS) is 23.9. The minimum absolute atomic E-state index is 0.00153. The summed E-state index contributed by atoms with van der Waals surface area (Å²) >= 11 is 8.33. The minimum Gasteiger partial charge on any atom is -0.338 e. The highest BCUT2D eigenvalue weighted by molar-refractivity contribution is 8.27. The highest BCUT2D eigenvalue weighted by Gasteiger charge is 2.37. The van der Waals surface area contributed by atoms with E-state index in [0.29, 0.717) is 10.9 Å². The predicted octanol–water partition coefficient (Wildman–Crippen LogP) is 3.52. The Morgan fingerprint density at radius 2 is 2.00 bits per heavy atom. The Bertz CT molecular complexity index is 522. The van der Waals surface area contributed by atoms with Crippen LogP contribution >= 0.6 is 35.7 Å². The second-order valence-electron chi connectivity index (χ2n) is 4.19. The van der Waals surface area contributed by atoms with Crippen LogP contribution in [0.3, 0.4) is 0 Å². The van der Waals surface area contributed by atoms with Crippen LogP contribution in [0.5, 0.6) is 0 Å². The first-order valence-corrected chi connectivity index (χ1v) is 8.07. The molecule has 0 aromatic rings. The van der Waals surface area contributed by atoms with Gasteiger partial charge in [0.2, 0.25) is 0 Å². The summed E-state index contributed by atoms with van der Waals surface area (Å²) in [5, 5.41) is 1.02. The highest BCUT2D eigenvalue weighted by atomic mass is 32.2. The van der Waals surface area contributed by atoms with Gasteiger partial charge < -0.3 is 4.90 Å². The summed E-state index contributed by atoms with van der Waals surface area (Å²) in [6.07, 6.45) is 1.70. The fourth-order valence-corrected chi connectivity index (χ4v) is 4.58. The van der Waals surface area contributed by atoms with E-state index in [-0.39, 0.29) is 5.91 Å². The van der Waals surface area contributed by atoms with Gasteiger partial charge in [0.1, 0.15) is 9.23 Å². The molecule has 6 heteroatoms. The van der Waals surface area contributed by atoms with Crippen LogP contribution < -0.4 is 0 Å². The molecule has 0 N–H and O–H groups in total. The number of carbonyl (C=O) groups excluding carboxylic acids is 1. The third-order valence-electron chi connectivity index (χ3n) is 3.08. The second kappa shape index (κ2) is 5.73. The van der Waals surface area contributed by atoms with Gasteiger partial charge in [0.05, 0.1) is 5.03 Å². The van der Waals surface area contributed by atoms with Crippen molar-refractivity contribution in [1.29, 1.82) is 0 Å². The summed E-state index contributed by atoms with van der Waals surface area (Å²) in [7, 11) is 0. The minimum atomic E-state index is -0.00153. The van der Waals surface area contributed by atoms with Crippen LogP contribution in [0.15, 0.2) is 33.2 Å². The molecule has 0 aromatic carbocycles. The number of nitrogens with zero attached hydrogens (tertiary/aromatic N) is 2. The van der Waals surface area contributed by atoms with Gasteiger partial charge in [0.25, 0.3) is 5.91 Å². The van der Waals surface area contributed by atoms with Gasteiger partial charge in [-0.3, -0.25) is 9.69 Å². The van der Waals surface area contributed by atoms with Crippen molar-refractivity contribution >= 4 is 46.0 Å². The van der Waals surface area contributed by atoms with Crippen LogP contribution in [-0.2, 0) is 4.79 Å². The molecule has 1 fully saturated rings.